The zero-order valence-corrected chi connectivity index (χ0v) is 13.5. The fourth-order valence-corrected chi connectivity index (χ4v) is 2.52. The summed E-state index contributed by atoms with van der Waals surface area (Å²) in [6, 6.07) is 4.64. The molecule has 1 unspecified atom stereocenters. The Kier molecular flexibility index (Phi) is 6.59. The largest absolute Gasteiger partial charge is 0.353 e. The highest BCUT2D eigenvalue weighted by Crippen LogP contribution is 2.19. The fourth-order valence-electron chi connectivity index (χ4n) is 2.37. The Bertz CT molecular complexity index is 371. The summed E-state index contributed by atoms with van der Waals surface area (Å²) in [6.45, 7) is 8.51. The highest BCUT2D eigenvalue weighted by molar-refractivity contribution is 6.17. The molecule has 0 aliphatic carbocycles. The van der Waals surface area contributed by atoms with Crippen LogP contribution in [0.4, 0.5) is 5.82 Å². The van der Waals surface area contributed by atoms with Crippen molar-refractivity contribution < 1.29 is 0 Å². The van der Waals surface area contributed by atoms with Gasteiger partial charge in [-0.25, -0.2) is 4.98 Å². The minimum Gasteiger partial charge on any atom is -0.353 e. The van der Waals surface area contributed by atoms with Crippen molar-refractivity contribution in [3.63, 3.8) is 0 Å². The second kappa shape index (κ2) is 7.71. The smallest absolute Gasteiger partial charge is 0.129 e. The normalized spacial score (nSPS) is 12.8. The number of anilines is 1. The zero-order valence-electron chi connectivity index (χ0n) is 12.8. The van der Waals surface area contributed by atoms with Crippen LogP contribution in [0.2, 0.25) is 0 Å². The van der Waals surface area contributed by atoms with Gasteiger partial charge in [0.2, 0.25) is 0 Å². The van der Waals surface area contributed by atoms with Crippen LogP contribution in [-0.4, -0.2) is 43.1 Å². The zero-order chi connectivity index (χ0) is 14.4. The van der Waals surface area contributed by atoms with E-state index in [2.05, 4.69) is 56.8 Å². The van der Waals surface area contributed by atoms with Gasteiger partial charge in [-0.05, 0) is 52.1 Å². The predicted octanol–water partition coefficient (Wildman–Crippen LogP) is 3.16. The van der Waals surface area contributed by atoms with Crippen molar-refractivity contribution in [2.75, 3.05) is 32.1 Å². The maximum atomic E-state index is 5.99. The van der Waals surface area contributed by atoms with Crippen LogP contribution in [0.5, 0.6) is 0 Å². The Morgan fingerprint density at radius 3 is 2.42 bits per heavy atom. The summed E-state index contributed by atoms with van der Waals surface area (Å²) in [6.07, 6.45) is 0.942. The first kappa shape index (κ1) is 16.3. The summed E-state index contributed by atoms with van der Waals surface area (Å²) in [5.74, 6) is 1.59. The van der Waals surface area contributed by atoms with Gasteiger partial charge in [0.15, 0.2) is 0 Å². The lowest BCUT2D eigenvalue weighted by molar-refractivity contribution is 0.372. The van der Waals surface area contributed by atoms with E-state index in [9.17, 15) is 0 Å². The molecule has 0 spiro atoms. The highest BCUT2D eigenvalue weighted by atomic mass is 35.5. The van der Waals surface area contributed by atoms with Gasteiger partial charge in [0.05, 0.1) is 0 Å². The van der Waals surface area contributed by atoms with Crippen molar-refractivity contribution in [1.29, 1.82) is 0 Å². The number of nitrogens with zero attached hydrogens (tertiary/aromatic N) is 3. The third-order valence-electron chi connectivity index (χ3n) is 3.24. The van der Waals surface area contributed by atoms with Crippen molar-refractivity contribution in [2.45, 2.75) is 39.1 Å². The van der Waals surface area contributed by atoms with Crippen molar-refractivity contribution in [1.82, 2.24) is 9.88 Å². The summed E-state index contributed by atoms with van der Waals surface area (Å²) in [5, 5.41) is 0. The van der Waals surface area contributed by atoms with Gasteiger partial charge >= 0.3 is 0 Å². The number of halogens is 1. The fraction of sp³-hybridized carbons (Fsp3) is 0.667. The van der Waals surface area contributed by atoms with Crippen molar-refractivity contribution in [3.8, 4) is 0 Å². The van der Waals surface area contributed by atoms with Gasteiger partial charge in [-0.2, -0.15) is 0 Å². The molecule has 108 valence electrons. The summed E-state index contributed by atoms with van der Waals surface area (Å²) < 4.78 is 0. The molecule has 0 bridgehead atoms. The summed E-state index contributed by atoms with van der Waals surface area (Å²) >= 11 is 5.99. The van der Waals surface area contributed by atoms with Gasteiger partial charge in [-0.15, -0.1) is 11.6 Å². The first-order valence-electron chi connectivity index (χ1n) is 6.98. The van der Waals surface area contributed by atoms with Gasteiger partial charge in [-0.1, -0.05) is 6.92 Å². The lowest BCUT2D eigenvalue weighted by Crippen LogP contribution is -2.40. The van der Waals surface area contributed by atoms with Crippen LogP contribution in [0.3, 0.4) is 0 Å². The van der Waals surface area contributed by atoms with Gasteiger partial charge in [0, 0.05) is 30.7 Å². The molecular weight excluding hydrogens is 258 g/mol. The van der Waals surface area contributed by atoms with Gasteiger partial charge in [-0.3, -0.25) is 0 Å². The van der Waals surface area contributed by atoms with Crippen LogP contribution in [0.25, 0.3) is 0 Å². The van der Waals surface area contributed by atoms with Crippen molar-refractivity contribution in [3.05, 3.63) is 23.4 Å². The molecule has 0 amide bonds. The SMILES string of the molecule is CCc1cc(CCl)cc(N(CC)C(C)CN(C)C)n1. The minimum absolute atomic E-state index is 0.433. The molecule has 19 heavy (non-hydrogen) atoms. The van der Waals surface area contributed by atoms with E-state index in [1.807, 2.05) is 0 Å². The van der Waals surface area contributed by atoms with Crippen LogP contribution in [-0.2, 0) is 12.3 Å². The van der Waals surface area contributed by atoms with E-state index < -0.39 is 0 Å². The molecule has 0 aliphatic heterocycles. The van der Waals surface area contributed by atoms with Crippen molar-refractivity contribution >= 4 is 17.4 Å². The molecule has 0 fully saturated rings. The Balaban J connectivity index is 3.02. The van der Waals surface area contributed by atoms with Crippen LogP contribution in [0, 0.1) is 0 Å². The second-order valence-electron chi connectivity index (χ2n) is 5.21. The second-order valence-corrected chi connectivity index (χ2v) is 5.48. The molecule has 1 aromatic heterocycles. The molecule has 1 aromatic rings. The molecular formula is C15H26ClN3. The molecule has 0 aromatic carbocycles. The molecule has 3 nitrogen and oxygen atoms in total. The molecule has 0 N–H and O–H groups in total. The number of alkyl halides is 1. The summed E-state index contributed by atoms with van der Waals surface area (Å²) in [4.78, 5) is 9.30. The van der Waals surface area contributed by atoms with E-state index in [0.717, 1.165) is 36.6 Å². The van der Waals surface area contributed by atoms with E-state index in [4.69, 9.17) is 16.6 Å². The highest BCUT2D eigenvalue weighted by Gasteiger charge is 2.16. The van der Waals surface area contributed by atoms with Crippen LogP contribution < -0.4 is 4.90 Å². The molecule has 1 heterocycles. The van der Waals surface area contributed by atoms with Crippen LogP contribution in [0.15, 0.2) is 12.1 Å². The number of hydrogen-bond acceptors (Lipinski definition) is 3. The molecule has 0 aliphatic rings. The quantitative estimate of drug-likeness (QED) is 0.717. The molecule has 0 radical (unpaired) electrons. The van der Waals surface area contributed by atoms with E-state index >= 15 is 0 Å². The summed E-state index contributed by atoms with van der Waals surface area (Å²) in [5.41, 5.74) is 2.27. The third kappa shape index (κ3) is 4.66. The number of aromatic nitrogens is 1. The first-order chi connectivity index (χ1) is 9.01. The Morgan fingerprint density at radius 1 is 1.26 bits per heavy atom. The maximum absolute atomic E-state index is 5.99. The molecule has 4 heteroatoms. The Hall–Kier alpha value is -0.800. The first-order valence-corrected chi connectivity index (χ1v) is 7.52. The Morgan fingerprint density at radius 2 is 1.95 bits per heavy atom. The van der Waals surface area contributed by atoms with Crippen LogP contribution in [0.1, 0.15) is 32.0 Å². The average molecular weight is 284 g/mol. The molecule has 0 saturated heterocycles. The molecule has 1 atom stereocenters. The Labute approximate surface area is 122 Å². The third-order valence-corrected chi connectivity index (χ3v) is 3.55. The molecule has 1 rings (SSSR count). The number of likely N-dealkylation sites (N-methyl/N-ethyl adjacent to an activating group) is 2. The number of hydrogen-bond donors (Lipinski definition) is 0. The van der Waals surface area contributed by atoms with Gasteiger partial charge in [0.25, 0.3) is 0 Å². The van der Waals surface area contributed by atoms with Crippen LogP contribution >= 0.6 is 11.6 Å². The van der Waals surface area contributed by atoms with E-state index in [1.54, 1.807) is 0 Å². The number of pyridine rings is 1. The van der Waals surface area contributed by atoms with E-state index in [-0.39, 0.29) is 0 Å². The predicted molar refractivity (Wildman–Crippen MR) is 84.2 cm³/mol. The topological polar surface area (TPSA) is 19.4 Å². The number of aryl methyl sites for hydroxylation is 1. The lowest BCUT2D eigenvalue weighted by atomic mass is 10.2. The number of rotatable bonds is 7. The van der Waals surface area contributed by atoms with E-state index in [1.165, 1.54) is 0 Å². The van der Waals surface area contributed by atoms with Gasteiger partial charge < -0.3 is 9.80 Å². The standard InChI is InChI=1S/C15H26ClN3/c1-6-14-8-13(10-16)9-15(17-14)19(7-2)12(3)11-18(4)5/h8-9,12H,6-7,10-11H2,1-5H3. The monoisotopic (exact) mass is 283 g/mol. The molecule has 0 saturated carbocycles. The maximum Gasteiger partial charge on any atom is 0.129 e. The minimum atomic E-state index is 0.433. The summed E-state index contributed by atoms with van der Waals surface area (Å²) in [7, 11) is 4.20. The van der Waals surface area contributed by atoms with E-state index in [0.29, 0.717) is 11.9 Å². The lowest BCUT2D eigenvalue weighted by Gasteiger charge is -2.31. The average Bonchev–Trinajstić information content (AvgIpc) is 2.38. The van der Waals surface area contributed by atoms with Gasteiger partial charge in [0.1, 0.15) is 5.82 Å². The van der Waals surface area contributed by atoms with Crippen molar-refractivity contribution in [2.24, 2.45) is 0 Å².